The number of ether oxygens (including phenoxy) is 8. The van der Waals surface area contributed by atoms with E-state index in [1.54, 1.807) is 0 Å². The van der Waals surface area contributed by atoms with E-state index in [0.29, 0.717) is 55.5 Å². The van der Waals surface area contributed by atoms with Crippen LogP contribution in [0.1, 0.15) is 85.5 Å². The quantitative estimate of drug-likeness (QED) is 0.129. The van der Waals surface area contributed by atoms with E-state index in [2.05, 4.69) is 20.8 Å². The highest BCUT2D eigenvalue weighted by molar-refractivity contribution is 5.16. The Morgan fingerprint density at radius 3 is 2.02 bits per heavy atom. The van der Waals surface area contributed by atoms with Crippen LogP contribution in [0.2, 0.25) is 0 Å². The van der Waals surface area contributed by atoms with Crippen LogP contribution in [0.25, 0.3) is 0 Å². The van der Waals surface area contributed by atoms with Crippen molar-refractivity contribution >= 4 is 0 Å². The molecule has 5 aliphatic heterocycles. The van der Waals surface area contributed by atoms with Crippen molar-refractivity contribution in [1.29, 1.82) is 0 Å². The molecule has 9 rings (SSSR count). The Bertz CT molecular complexity index is 1560. The summed E-state index contributed by atoms with van der Waals surface area (Å²) in [6.45, 7) is 7.96. The lowest BCUT2D eigenvalue weighted by molar-refractivity contribution is -0.392. The van der Waals surface area contributed by atoms with Gasteiger partial charge in [-0.2, -0.15) is 0 Å². The maximum atomic E-state index is 11.5. The molecule has 4 saturated carbocycles. The molecule has 0 radical (unpaired) electrons. The van der Waals surface area contributed by atoms with Gasteiger partial charge in [0.25, 0.3) is 0 Å². The van der Waals surface area contributed by atoms with Gasteiger partial charge in [-0.25, -0.2) is 0 Å². The fourth-order valence-electron chi connectivity index (χ4n) is 14.4. The topological polar surface area (TPSA) is 276 Å². The van der Waals surface area contributed by atoms with Gasteiger partial charge in [0.2, 0.25) is 0 Å². The third-order valence-electron chi connectivity index (χ3n) is 18.0. The molecular formula is C44H72O18. The van der Waals surface area contributed by atoms with Crippen LogP contribution in [0.5, 0.6) is 0 Å². The predicted molar refractivity (Wildman–Crippen MR) is 211 cm³/mol. The minimum absolute atomic E-state index is 0.0528. The predicted octanol–water partition coefficient (Wildman–Crippen LogP) is -1.12. The zero-order valence-corrected chi connectivity index (χ0v) is 36.3. The van der Waals surface area contributed by atoms with E-state index in [1.807, 2.05) is 6.92 Å². The van der Waals surface area contributed by atoms with Gasteiger partial charge in [-0.3, -0.25) is 0 Å². The first-order valence-electron chi connectivity index (χ1n) is 23.3. The highest BCUT2D eigenvalue weighted by Crippen LogP contribution is 2.71. The molecule has 9 aliphatic rings. The lowest BCUT2D eigenvalue weighted by Gasteiger charge is -2.61. The summed E-state index contributed by atoms with van der Waals surface area (Å²) in [6, 6.07) is 0. The van der Waals surface area contributed by atoms with Crippen molar-refractivity contribution in [2.45, 2.75) is 196 Å². The summed E-state index contributed by atoms with van der Waals surface area (Å²) < 4.78 is 49.8. The number of hydrogen-bond donors (Lipinski definition) is 10. The third-order valence-corrected chi connectivity index (χ3v) is 18.0. The summed E-state index contributed by atoms with van der Waals surface area (Å²) in [6.07, 6.45) is -14.5. The molecule has 62 heavy (non-hydrogen) atoms. The van der Waals surface area contributed by atoms with Crippen LogP contribution < -0.4 is 0 Å². The Kier molecular flexibility index (Phi) is 13.0. The molecule has 0 aromatic carbocycles. The largest absolute Gasteiger partial charge is 0.394 e. The molecule has 0 aromatic rings. The SMILES string of the molecule is C[C@@H]1CO[C@]2(C[C@H]1O)O[C@H]1C[C@@H]3[C@@H]4CC[C@@H]5C[C@@H](O[C@@H]6O[C@H](CO)[C@H](O)[C@H](O[C@@H]7OC[C@@H](O)[C@H](O)[C@@H]7O)[C@H]6O[C@@H]6O[C@H](CO)[C@@H](O)[C@H](O)[C@H]6O)CC[C@]5(C)[C@@H]4CC[C@]3(C)[C@H]1[C@@H]2C. The van der Waals surface area contributed by atoms with Crippen LogP contribution in [0.15, 0.2) is 0 Å². The van der Waals surface area contributed by atoms with Gasteiger partial charge in [0.05, 0.1) is 44.7 Å². The summed E-state index contributed by atoms with van der Waals surface area (Å²) in [5.41, 5.74) is 0.171. The van der Waals surface area contributed by atoms with Crippen LogP contribution >= 0.6 is 0 Å². The zero-order valence-electron chi connectivity index (χ0n) is 36.3. The molecule has 4 aliphatic carbocycles. The van der Waals surface area contributed by atoms with E-state index < -0.39 is 118 Å². The molecule has 356 valence electrons. The summed E-state index contributed by atoms with van der Waals surface area (Å²) >= 11 is 0. The Morgan fingerprint density at radius 2 is 1.29 bits per heavy atom. The van der Waals surface area contributed by atoms with Gasteiger partial charge in [-0.05, 0) is 91.8 Å². The fraction of sp³-hybridized carbons (Fsp3) is 1.00. The number of hydrogen-bond acceptors (Lipinski definition) is 18. The molecule has 5 heterocycles. The van der Waals surface area contributed by atoms with Gasteiger partial charge in [0.1, 0.15) is 67.1 Å². The number of aliphatic hydroxyl groups is 10. The van der Waals surface area contributed by atoms with Crippen LogP contribution in [0, 0.1) is 52.3 Å². The lowest BCUT2D eigenvalue weighted by Crippen LogP contribution is -2.67. The second-order valence-corrected chi connectivity index (χ2v) is 21.2. The molecule has 18 nitrogen and oxygen atoms in total. The smallest absolute Gasteiger partial charge is 0.187 e. The van der Waals surface area contributed by atoms with Crippen molar-refractivity contribution < 1.29 is 89.0 Å². The van der Waals surface area contributed by atoms with E-state index in [9.17, 15) is 51.1 Å². The minimum Gasteiger partial charge on any atom is -0.394 e. The van der Waals surface area contributed by atoms with Crippen molar-refractivity contribution in [1.82, 2.24) is 0 Å². The summed E-state index contributed by atoms with van der Waals surface area (Å²) in [7, 11) is 0. The molecule has 0 aromatic heterocycles. The normalized spacial score (nSPS) is 58.9. The van der Waals surface area contributed by atoms with Gasteiger partial charge < -0.3 is 89.0 Å². The molecule has 1 spiro atoms. The third kappa shape index (κ3) is 7.55. The zero-order chi connectivity index (χ0) is 44.2. The van der Waals surface area contributed by atoms with Crippen LogP contribution in [0.4, 0.5) is 0 Å². The van der Waals surface area contributed by atoms with E-state index in [1.165, 1.54) is 0 Å². The van der Waals surface area contributed by atoms with Gasteiger partial charge in [0.15, 0.2) is 24.7 Å². The highest BCUT2D eigenvalue weighted by Gasteiger charge is 2.70. The molecular weight excluding hydrogens is 816 g/mol. The van der Waals surface area contributed by atoms with Gasteiger partial charge in [-0.15, -0.1) is 0 Å². The van der Waals surface area contributed by atoms with Crippen LogP contribution in [0.3, 0.4) is 0 Å². The molecule has 5 saturated heterocycles. The van der Waals surface area contributed by atoms with E-state index in [0.717, 1.165) is 38.5 Å². The van der Waals surface area contributed by atoms with Crippen LogP contribution in [-0.2, 0) is 37.9 Å². The van der Waals surface area contributed by atoms with Crippen molar-refractivity contribution in [2.24, 2.45) is 52.3 Å². The Balaban J connectivity index is 0.916. The monoisotopic (exact) mass is 888 g/mol. The maximum absolute atomic E-state index is 11.5. The number of fused-ring (bicyclic) bond motifs is 7. The van der Waals surface area contributed by atoms with E-state index in [-0.39, 0.29) is 34.9 Å². The molecule has 27 atom stereocenters. The Hall–Kier alpha value is -0.720. The van der Waals surface area contributed by atoms with E-state index in [4.69, 9.17) is 37.9 Å². The molecule has 0 amide bonds. The molecule has 10 N–H and O–H groups in total. The van der Waals surface area contributed by atoms with Gasteiger partial charge in [-0.1, -0.05) is 27.7 Å². The first-order valence-corrected chi connectivity index (χ1v) is 23.3. The Labute approximate surface area is 362 Å². The standard InChI is InChI=1S/C44H72O18/c1-18-16-56-44(13-25(18)47)19(2)30-27(62-44)12-24-22-6-5-20-11-21(7-9-42(20,3)23(22)8-10-43(24,30)4)57-41-38(61-40-36(54)34(52)32(50)28(14-45)58-40)37(33(51)29(15-46)59-41)60-39-35(53)31(49)26(48)17-55-39/h18-41,45-54H,5-17H2,1-4H3/t18-,19+,20-,21+,22-,23-,24-,25-,26-,27+,28-,29-,30+,31+,32-,33+,34+,35+,36-,37+,38-,39+,40+,41-,42+,43+,44-/m1/s1. The second kappa shape index (κ2) is 17.4. The van der Waals surface area contributed by atoms with Crippen molar-refractivity contribution in [2.75, 3.05) is 26.4 Å². The lowest BCUT2D eigenvalue weighted by atomic mass is 9.44. The first-order chi connectivity index (χ1) is 29.4. The molecule has 0 bridgehead atoms. The maximum Gasteiger partial charge on any atom is 0.187 e. The average molecular weight is 889 g/mol. The molecule has 18 heteroatoms. The Morgan fingerprint density at radius 1 is 0.613 bits per heavy atom. The molecule has 9 fully saturated rings. The van der Waals surface area contributed by atoms with Crippen molar-refractivity contribution in [3.63, 3.8) is 0 Å². The second-order valence-electron chi connectivity index (χ2n) is 21.2. The van der Waals surface area contributed by atoms with Crippen LogP contribution in [-0.4, -0.2) is 188 Å². The van der Waals surface area contributed by atoms with Crippen molar-refractivity contribution in [3.05, 3.63) is 0 Å². The number of rotatable bonds is 8. The van der Waals surface area contributed by atoms with Gasteiger partial charge in [0, 0.05) is 18.3 Å². The fourth-order valence-corrected chi connectivity index (χ4v) is 14.4. The van der Waals surface area contributed by atoms with Gasteiger partial charge >= 0.3 is 0 Å². The number of aliphatic hydroxyl groups excluding tert-OH is 10. The summed E-state index contributed by atoms with van der Waals surface area (Å²) in [4.78, 5) is 0. The summed E-state index contributed by atoms with van der Waals surface area (Å²) in [5.74, 6) is 1.87. The first kappa shape index (κ1) is 46.4. The van der Waals surface area contributed by atoms with Crippen molar-refractivity contribution in [3.8, 4) is 0 Å². The average Bonchev–Trinajstić information content (AvgIpc) is 3.69. The summed E-state index contributed by atoms with van der Waals surface area (Å²) in [5, 5.41) is 106. The highest BCUT2D eigenvalue weighted by atomic mass is 16.8. The van der Waals surface area contributed by atoms with E-state index >= 15 is 0 Å². The molecule has 0 unspecified atom stereocenters. The minimum atomic E-state index is -1.83.